The predicted molar refractivity (Wildman–Crippen MR) is 74.6 cm³/mol. The van der Waals surface area contributed by atoms with Crippen LogP contribution in [0.4, 0.5) is 11.4 Å². The maximum Gasteiger partial charge on any atom is 0.239 e. The Bertz CT molecular complexity index is 507. The number of fused-ring (bicyclic) bond motifs is 1. The van der Waals surface area contributed by atoms with Crippen LogP contribution >= 0.6 is 0 Å². The molecule has 0 bridgehead atoms. The van der Waals surface area contributed by atoms with Gasteiger partial charge in [-0.1, -0.05) is 6.07 Å². The molecular weight excluding hydrogens is 240 g/mol. The summed E-state index contributed by atoms with van der Waals surface area (Å²) in [6.07, 6.45) is 2.42. The number of nitrogen functional groups attached to an aromatic ring is 1. The molecule has 100 valence electrons. The molecule has 0 atom stereocenters. The smallest absolute Gasteiger partial charge is 0.239 e. The van der Waals surface area contributed by atoms with Gasteiger partial charge in [0.05, 0.1) is 19.0 Å². The average molecular weight is 258 g/mol. The second-order valence-corrected chi connectivity index (χ2v) is 4.67. The Morgan fingerprint density at radius 3 is 3.16 bits per heavy atom. The van der Waals surface area contributed by atoms with Crippen LogP contribution in [0.1, 0.15) is 18.4 Å². The number of anilines is 2. The van der Waals surface area contributed by atoms with Gasteiger partial charge < -0.3 is 16.0 Å². The quantitative estimate of drug-likeness (QED) is 0.624. The molecule has 2 rings (SSSR count). The van der Waals surface area contributed by atoms with Gasteiger partial charge in [0.2, 0.25) is 5.91 Å². The number of nitrogens with one attached hydrogen (secondary N) is 1. The van der Waals surface area contributed by atoms with Gasteiger partial charge in [-0.15, -0.1) is 0 Å². The number of nitrogens with two attached hydrogens (primary N) is 1. The number of amides is 1. The van der Waals surface area contributed by atoms with Crippen LogP contribution in [0.2, 0.25) is 0 Å². The number of aryl methyl sites for hydroxylation is 1. The summed E-state index contributed by atoms with van der Waals surface area (Å²) >= 11 is 0. The first-order valence-corrected chi connectivity index (χ1v) is 6.47. The summed E-state index contributed by atoms with van der Waals surface area (Å²) in [5, 5.41) is 11.2. The summed E-state index contributed by atoms with van der Waals surface area (Å²) < 4.78 is 0. The normalized spacial score (nSPS) is 13.5. The van der Waals surface area contributed by atoms with Crippen molar-refractivity contribution in [2.75, 3.05) is 30.3 Å². The number of hydrogen-bond donors (Lipinski definition) is 2. The zero-order chi connectivity index (χ0) is 13.7. The molecule has 0 unspecified atom stereocenters. The lowest BCUT2D eigenvalue weighted by atomic mass is 10.0. The molecule has 1 heterocycles. The van der Waals surface area contributed by atoms with Gasteiger partial charge in [-0.05, 0) is 30.5 Å². The molecule has 0 saturated carbocycles. The first kappa shape index (κ1) is 13.2. The van der Waals surface area contributed by atoms with Gasteiger partial charge in [0.25, 0.3) is 0 Å². The summed E-state index contributed by atoms with van der Waals surface area (Å²) in [6, 6.07) is 7.86. The van der Waals surface area contributed by atoms with Crippen LogP contribution in [0.3, 0.4) is 0 Å². The molecule has 0 radical (unpaired) electrons. The number of carbonyl (C=O) groups is 1. The third-order valence-corrected chi connectivity index (χ3v) is 3.22. The standard InChI is InChI=1S/C14H18N4O/c15-6-2-7-17-14(19)10-18-8-1-3-11-4-5-12(16)9-13(11)18/h4-5,9H,1-3,7-8,10,16H2,(H,17,19). The molecule has 0 aliphatic carbocycles. The molecule has 5 heteroatoms. The maximum atomic E-state index is 11.8. The van der Waals surface area contributed by atoms with E-state index in [-0.39, 0.29) is 5.91 Å². The van der Waals surface area contributed by atoms with E-state index in [9.17, 15) is 4.79 Å². The Balaban J connectivity index is 2.01. The SMILES string of the molecule is N#CCCNC(=O)CN1CCCc2ccc(N)cc21. The number of carbonyl (C=O) groups excluding carboxylic acids is 1. The Morgan fingerprint density at radius 1 is 1.53 bits per heavy atom. The molecule has 1 amide bonds. The third-order valence-electron chi connectivity index (χ3n) is 3.22. The van der Waals surface area contributed by atoms with Crippen molar-refractivity contribution in [3.05, 3.63) is 23.8 Å². The van der Waals surface area contributed by atoms with Crippen LogP contribution in [-0.2, 0) is 11.2 Å². The Morgan fingerprint density at radius 2 is 2.37 bits per heavy atom. The van der Waals surface area contributed by atoms with Crippen LogP contribution in [0.15, 0.2) is 18.2 Å². The molecule has 1 aromatic rings. The second kappa shape index (κ2) is 6.10. The van der Waals surface area contributed by atoms with Gasteiger partial charge in [-0.25, -0.2) is 0 Å². The van der Waals surface area contributed by atoms with Gasteiger partial charge in [-0.2, -0.15) is 5.26 Å². The molecule has 0 saturated heterocycles. The van der Waals surface area contributed by atoms with Crippen molar-refractivity contribution < 1.29 is 4.79 Å². The minimum atomic E-state index is -0.0504. The summed E-state index contributed by atoms with van der Waals surface area (Å²) in [4.78, 5) is 13.8. The second-order valence-electron chi connectivity index (χ2n) is 4.67. The summed E-state index contributed by atoms with van der Waals surface area (Å²) in [5.41, 5.74) is 8.83. The lowest BCUT2D eigenvalue weighted by molar-refractivity contribution is -0.119. The van der Waals surface area contributed by atoms with E-state index in [1.165, 1.54) is 5.56 Å². The van der Waals surface area contributed by atoms with Crippen molar-refractivity contribution in [3.8, 4) is 6.07 Å². The van der Waals surface area contributed by atoms with Crippen molar-refractivity contribution in [1.82, 2.24) is 5.32 Å². The Labute approximate surface area is 113 Å². The summed E-state index contributed by atoms with van der Waals surface area (Å²) in [5.74, 6) is -0.0504. The van der Waals surface area contributed by atoms with E-state index in [2.05, 4.69) is 10.2 Å². The fourth-order valence-corrected chi connectivity index (χ4v) is 2.32. The summed E-state index contributed by atoms with van der Waals surface area (Å²) in [6.45, 7) is 1.59. The zero-order valence-electron chi connectivity index (χ0n) is 10.9. The molecule has 0 aromatic heterocycles. The molecular formula is C14H18N4O. The topological polar surface area (TPSA) is 82.2 Å². The highest BCUT2D eigenvalue weighted by Gasteiger charge is 2.18. The van der Waals surface area contributed by atoms with E-state index in [0.717, 1.165) is 30.8 Å². The first-order chi connectivity index (χ1) is 9.20. The van der Waals surface area contributed by atoms with Gasteiger partial charge in [0.1, 0.15) is 0 Å². The van der Waals surface area contributed by atoms with Crippen molar-refractivity contribution in [2.24, 2.45) is 0 Å². The fraction of sp³-hybridized carbons (Fsp3) is 0.429. The lowest BCUT2D eigenvalue weighted by Crippen LogP contribution is -2.40. The molecule has 1 aliphatic heterocycles. The van der Waals surface area contributed by atoms with E-state index in [4.69, 9.17) is 11.0 Å². The lowest BCUT2D eigenvalue weighted by Gasteiger charge is -2.31. The third kappa shape index (κ3) is 3.38. The minimum Gasteiger partial charge on any atom is -0.399 e. The van der Waals surface area contributed by atoms with Crippen molar-refractivity contribution in [3.63, 3.8) is 0 Å². The molecule has 1 aromatic carbocycles. The van der Waals surface area contributed by atoms with Gasteiger partial charge in [-0.3, -0.25) is 4.79 Å². The van der Waals surface area contributed by atoms with E-state index in [0.29, 0.717) is 19.5 Å². The molecule has 1 aliphatic rings. The van der Waals surface area contributed by atoms with Gasteiger partial charge in [0.15, 0.2) is 0 Å². The van der Waals surface area contributed by atoms with E-state index >= 15 is 0 Å². The van der Waals surface area contributed by atoms with Crippen LogP contribution in [0, 0.1) is 11.3 Å². The summed E-state index contributed by atoms with van der Waals surface area (Å²) in [7, 11) is 0. The Kier molecular flexibility index (Phi) is 4.24. The highest BCUT2D eigenvalue weighted by molar-refractivity contribution is 5.82. The van der Waals surface area contributed by atoms with Crippen molar-refractivity contribution >= 4 is 17.3 Å². The maximum absolute atomic E-state index is 11.8. The van der Waals surface area contributed by atoms with Crippen LogP contribution in [-0.4, -0.2) is 25.5 Å². The predicted octanol–water partition coefficient (Wildman–Crippen LogP) is 1.05. The van der Waals surface area contributed by atoms with E-state index in [1.807, 2.05) is 24.3 Å². The van der Waals surface area contributed by atoms with Crippen molar-refractivity contribution in [2.45, 2.75) is 19.3 Å². The number of benzene rings is 1. The highest BCUT2D eigenvalue weighted by atomic mass is 16.2. The fourth-order valence-electron chi connectivity index (χ4n) is 2.32. The molecule has 5 nitrogen and oxygen atoms in total. The molecule has 0 fully saturated rings. The number of hydrogen-bond acceptors (Lipinski definition) is 4. The largest absolute Gasteiger partial charge is 0.399 e. The van der Waals surface area contributed by atoms with Crippen molar-refractivity contribution in [1.29, 1.82) is 5.26 Å². The average Bonchev–Trinajstić information content (AvgIpc) is 2.40. The monoisotopic (exact) mass is 258 g/mol. The van der Waals surface area contributed by atoms with Gasteiger partial charge in [0, 0.05) is 24.5 Å². The van der Waals surface area contributed by atoms with Gasteiger partial charge >= 0.3 is 0 Å². The minimum absolute atomic E-state index is 0.0504. The van der Waals surface area contributed by atoms with Crippen LogP contribution in [0.5, 0.6) is 0 Å². The number of nitrogens with zero attached hydrogens (tertiary/aromatic N) is 2. The van der Waals surface area contributed by atoms with E-state index < -0.39 is 0 Å². The van der Waals surface area contributed by atoms with E-state index in [1.54, 1.807) is 0 Å². The molecule has 3 N–H and O–H groups in total. The first-order valence-electron chi connectivity index (χ1n) is 6.47. The number of rotatable bonds is 4. The molecule has 19 heavy (non-hydrogen) atoms. The number of nitriles is 1. The zero-order valence-corrected chi connectivity index (χ0v) is 10.9. The molecule has 0 spiro atoms. The van der Waals surface area contributed by atoms with Crippen LogP contribution < -0.4 is 16.0 Å². The highest BCUT2D eigenvalue weighted by Crippen LogP contribution is 2.28. The van der Waals surface area contributed by atoms with Crippen LogP contribution in [0.25, 0.3) is 0 Å². The Hall–Kier alpha value is -2.22.